The highest BCUT2D eigenvalue weighted by atomic mass is 28.3. The minimum atomic E-state index is -0.954. The Hall–Kier alpha value is -0.0831. The summed E-state index contributed by atoms with van der Waals surface area (Å²) >= 11 is 0. The molecule has 1 nitrogen and oxygen atoms in total. The molecule has 0 aromatic carbocycles. The smallest absolute Gasteiger partial charge is 0.0671 e. The topological polar surface area (TPSA) is 9.23 Å². The second-order valence-corrected chi connectivity index (χ2v) is 13.3. The SMILES string of the molecule is C[C@H]1CCC=C2CC[C@H](OCC[Si](C)(C)C)[C@@]21C. The minimum absolute atomic E-state index is 0.345. The lowest BCUT2D eigenvalue weighted by atomic mass is 9.67. The van der Waals surface area contributed by atoms with Gasteiger partial charge in [0, 0.05) is 20.1 Å². The molecular formula is C16H30OSi. The fourth-order valence-corrected chi connectivity index (χ4v) is 4.32. The highest BCUT2D eigenvalue weighted by Crippen LogP contribution is 2.53. The van der Waals surface area contributed by atoms with Crippen LogP contribution in [0.5, 0.6) is 0 Å². The van der Waals surface area contributed by atoms with Crippen LogP contribution in [-0.2, 0) is 4.74 Å². The quantitative estimate of drug-likeness (QED) is 0.521. The summed E-state index contributed by atoms with van der Waals surface area (Å²) in [4.78, 5) is 0. The zero-order valence-electron chi connectivity index (χ0n) is 12.9. The Bertz CT molecular complexity index is 328. The number of ether oxygens (including phenoxy) is 1. The summed E-state index contributed by atoms with van der Waals surface area (Å²) in [6.07, 6.45) is 8.13. The van der Waals surface area contributed by atoms with Crippen LogP contribution in [-0.4, -0.2) is 20.8 Å². The molecule has 0 aromatic rings. The van der Waals surface area contributed by atoms with Crippen LogP contribution in [0.15, 0.2) is 11.6 Å². The van der Waals surface area contributed by atoms with Crippen molar-refractivity contribution in [2.24, 2.45) is 11.3 Å². The van der Waals surface area contributed by atoms with Gasteiger partial charge in [-0.15, -0.1) is 0 Å². The maximum Gasteiger partial charge on any atom is 0.0671 e. The predicted octanol–water partition coefficient (Wildman–Crippen LogP) is 4.87. The fourth-order valence-electron chi connectivity index (χ4n) is 3.59. The van der Waals surface area contributed by atoms with Crippen molar-refractivity contribution in [2.75, 3.05) is 6.61 Å². The summed E-state index contributed by atoms with van der Waals surface area (Å²) in [5.74, 6) is 0.789. The van der Waals surface area contributed by atoms with E-state index in [-0.39, 0.29) is 0 Å². The third-order valence-electron chi connectivity index (χ3n) is 5.22. The standard InChI is InChI=1S/C16H30OSi/c1-13-7-6-8-14-9-10-15(16(13,14)2)17-11-12-18(3,4)5/h8,13,15H,6-7,9-12H2,1-5H3/t13-,15-,16+/m0/s1. The predicted molar refractivity (Wildman–Crippen MR) is 81.7 cm³/mol. The summed E-state index contributed by atoms with van der Waals surface area (Å²) in [5, 5.41) is 0. The molecule has 2 aliphatic carbocycles. The number of rotatable bonds is 4. The molecule has 2 aliphatic rings. The van der Waals surface area contributed by atoms with Crippen molar-refractivity contribution in [3.8, 4) is 0 Å². The van der Waals surface area contributed by atoms with Crippen LogP contribution in [0.4, 0.5) is 0 Å². The Morgan fingerprint density at radius 1 is 1.33 bits per heavy atom. The van der Waals surface area contributed by atoms with Gasteiger partial charge < -0.3 is 4.74 Å². The molecule has 2 heteroatoms. The zero-order chi connectivity index (χ0) is 13.4. The third-order valence-corrected chi connectivity index (χ3v) is 6.93. The Kier molecular flexibility index (Phi) is 4.08. The summed E-state index contributed by atoms with van der Waals surface area (Å²) in [7, 11) is -0.954. The lowest BCUT2D eigenvalue weighted by Crippen LogP contribution is -2.39. The van der Waals surface area contributed by atoms with Crippen LogP contribution in [0.1, 0.15) is 39.5 Å². The summed E-state index contributed by atoms with van der Waals surface area (Å²) in [6, 6.07) is 1.30. The molecule has 0 spiro atoms. The highest BCUT2D eigenvalue weighted by molar-refractivity contribution is 6.76. The molecule has 0 N–H and O–H groups in total. The van der Waals surface area contributed by atoms with Crippen molar-refractivity contribution in [3.05, 3.63) is 11.6 Å². The van der Waals surface area contributed by atoms with Gasteiger partial charge >= 0.3 is 0 Å². The third kappa shape index (κ3) is 2.75. The van der Waals surface area contributed by atoms with Gasteiger partial charge in [-0.3, -0.25) is 0 Å². The minimum Gasteiger partial charge on any atom is -0.378 e. The van der Waals surface area contributed by atoms with Crippen molar-refractivity contribution in [3.63, 3.8) is 0 Å². The van der Waals surface area contributed by atoms with E-state index in [0.29, 0.717) is 11.5 Å². The first-order valence-electron chi connectivity index (χ1n) is 7.65. The number of hydrogen-bond acceptors (Lipinski definition) is 1. The van der Waals surface area contributed by atoms with Crippen molar-refractivity contribution < 1.29 is 4.74 Å². The first-order valence-corrected chi connectivity index (χ1v) is 11.4. The lowest BCUT2D eigenvalue weighted by molar-refractivity contribution is -0.0225. The van der Waals surface area contributed by atoms with E-state index < -0.39 is 8.07 Å². The second kappa shape index (κ2) is 5.13. The molecule has 2 rings (SSSR count). The van der Waals surface area contributed by atoms with Gasteiger partial charge in [0.15, 0.2) is 0 Å². The van der Waals surface area contributed by atoms with Gasteiger partial charge in [0.25, 0.3) is 0 Å². The van der Waals surface area contributed by atoms with Crippen LogP contribution in [0.25, 0.3) is 0 Å². The van der Waals surface area contributed by atoms with Gasteiger partial charge in [0.1, 0.15) is 0 Å². The molecule has 1 fully saturated rings. The molecule has 0 aliphatic heterocycles. The number of hydrogen-bond donors (Lipinski definition) is 0. The van der Waals surface area contributed by atoms with E-state index in [1.807, 2.05) is 0 Å². The molecule has 0 saturated heterocycles. The summed E-state index contributed by atoms with van der Waals surface area (Å²) < 4.78 is 6.32. The number of allylic oxidation sites excluding steroid dienone is 1. The molecule has 104 valence electrons. The molecule has 0 radical (unpaired) electrons. The van der Waals surface area contributed by atoms with Crippen molar-refractivity contribution in [2.45, 2.75) is 71.3 Å². The zero-order valence-corrected chi connectivity index (χ0v) is 13.9. The molecule has 0 heterocycles. The highest BCUT2D eigenvalue weighted by Gasteiger charge is 2.48. The van der Waals surface area contributed by atoms with Crippen LogP contribution in [0.3, 0.4) is 0 Å². The van der Waals surface area contributed by atoms with E-state index in [1.54, 1.807) is 5.57 Å². The van der Waals surface area contributed by atoms with E-state index in [4.69, 9.17) is 4.74 Å². The van der Waals surface area contributed by atoms with E-state index >= 15 is 0 Å². The van der Waals surface area contributed by atoms with Gasteiger partial charge in [0.05, 0.1) is 6.10 Å². The first-order chi connectivity index (χ1) is 8.34. The van der Waals surface area contributed by atoms with E-state index in [2.05, 4.69) is 39.6 Å². The monoisotopic (exact) mass is 266 g/mol. The molecule has 0 aromatic heterocycles. The molecule has 3 atom stereocenters. The Morgan fingerprint density at radius 3 is 2.72 bits per heavy atom. The van der Waals surface area contributed by atoms with E-state index in [1.165, 1.54) is 31.7 Å². The summed E-state index contributed by atoms with van der Waals surface area (Å²) in [5.41, 5.74) is 2.04. The van der Waals surface area contributed by atoms with Gasteiger partial charge in [-0.1, -0.05) is 45.1 Å². The molecule has 0 unspecified atom stereocenters. The molecule has 0 bridgehead atoms. The number of fused-ring (bicyclic) bond motifs is 1. The van der Waals surface area contributed by atoms with Crippen molar-refractivity contribution in [1.29, 1.82) is 0 Å². The van der Waals surface area contributed by atoms with Crippen LogP contribution in [0.2, 0.25) is 25.7 Å². The Balaban J connectivity index is 1.98. The van der Waals surface area contributed by atoms with E-state index in [9.17, 15) is 0 Å². The maximum absolute atomic E-state index is 6.32. The molecule has 18 heavy (non-hydrogen) atoms. The van der Waals surface area contributed by atoms with Gasteiger partial charge in [0.2, 0.25) is 0 Å². The Morgan fingerprint density at radius 2 is 2.06 bits per heavy atom. The molecule has 0 amide bonds. The van der Waals surface area contributed by atoms with Gasteiger partial charge in [-0.05, 0) is 37.6 Å². The lowest BCUT2D eigenvalue weighted by Gasteiger charge is -2.41. The average molecular weight is 267 g/mol. The van der Waals surface area contributed by atoms with Crippen LogP contribution in [0, 0.1) is 11.3 Å². The molecule has 1 saturated carbocycles. The summed E-state index contributed by atoms with van der Waals surface area (Å²) in [6.45, 7) is 13.2. The average Bonchev–Trinajstić information content (AvgIpc) is 2.57. The second-order valence-electron chi connectivity index (χ2n) is 7.70. The van der Waals surface area contributed by atoms with Crippen LogP contribution >= 0.6 is 0 Å². The van der Waals surface area contributed by atoms with E-state index in [0.717, 1.165) is 12.5 Å². The maximum atomic E-state index is 6.32. The van der Waals surface area contributed by atoms with Crippen LogP contribution < -0.4 is 0 Å². The Labute approximate surface area is 114 Å². The van der Waals surface area contributed by atoms with Crippen molar-refractivity contribution >= 4 is 8.07 Å². The van der Waals surface area contributed by atoms with Gasteiger partial charge in [-0.2, -0.15) is 0 Å². The largest absolute Gasteiger partial charge is 0.378 e. The first kappa shape index (κ1) is 14.3. The van der Waals surface area contributed by atoms with Gasteiger partial charge in [-0.25, -0.2) is 0 Å². The normalized spacial score (nSPS) is 36.4. The fraction of sp³-hybridized carbons (Fsp3) is 0.875. The van der Waals surface area contributed by atoms with Crippen molar-refractivity contribution in [1.82, 2.24) is 0 Å². The molecular weight excluding hydrogens is 236 g/mol.